The van der Waals surface area contributed by atoms with Crippen molar-refractivity contribution in [1.29, 1.82) is 0 Å². The molecule has 2 heteroatoms. The van der Waals surface area contributed by atoms with Crippen LogP contribution in [0.5, 0.6) is 0 Å². The van der Waals surface area contributed by atoms with Gasteiger partial charge >= 0.3 is 0 Å². The molecule has 1 atom stereocenters. The van der Waals surface area contributed by atoms with Gasteiger partial charge in [0.15, 0.2) is 0 Å². The molecule has 1 aliphatic carbocycles. The summed E-state index contributed by atoms with van der Waals surface area (Å²) in [5.74, 6) is 0.912. The molecule has 0 saturated heterocycles. The Bertz CT molecular complexity index is 290. The molecule has 1 N–H and O–H groups in total. The number of hydrogen-bond acceptors (Lipinski definition) is 2. The van der Waals surface area contributed by atoms with E-state index in [0.717, 1.165) is 5.92 Å². The lowest BCUT2D eigenvalue weighted by molar-refractivity contribution is 0.694. The highest BCUT2D eigenvalue weighted by molar-refractivity contribution is 7.98. The van der Waals surface area contributed by atoms with Gasteiger partial charge in [0.25, 0.3) is 0 Å². The maximum Gasteiger partial charge on any atom is 0.0343 e. The van der Waals surface area contributed by atoms with Gasteiger partial charge < -0.3 is 5.32 Å². The minimum Gasteiger partial charge on any atom is -0.382 e. The van der Waals surface area contributed by atoms with Gasteiger partial charge in [-0.15, -0.1) is 11.8 Å². The second kappa shape index (κ2) is 4.26. The minimum absolute atomic E-state index is 0.634. The molecule has 1 saturated carbocycles. The number of anilines is 1. The third-order valence-electron chi connectivity index (χ3n) is 2.81. The van der Waals surface area contributed by atoms with Crippen molar-refractivity contribution < 1.29 is 0 Å². The Morgan fingerprint density at radius 3 is 2.43 bits per heavy atom. The van der Waals surface area contributed by atoms with Crippen molar-refractivity contribution in [2.75, 3.05) is 11.6 Å². The molecule has 1 aromatic rings. The number of hydrogen-bond donors (Lipinski definition) is 1. The first-order chi connectivity index (χ1) is 6.79. The largest absolute Gasteiger partial charge is 0.382 e. The molecule has 0 amide bonds. The molecule has 1 nitrogen and oxygen atoms in total. The third-order valence-corrected chi connectivity index (χ3v) is 3.56. The standard InChI is InChI=1S/C12H17NS/c1-9(10-3-4-10)13-11-5-7-12(14-2)8-6-11/h5-10,13H,3-4H2,1-2H3/t9-/m0/s1. The molecule has 0 aromatic heterocycles. The van der Waals surface area contributed by atoms with Crippen molar-refractivity contribution >= 4 is 17.4 Å². The van der Waals surface area contributed by atoms with E-state index in [2.05, 4.69) is 42.8 Å². The number of benzene rings is 1. The van der Waals surface area contributed by atoms with E-state index in [1.165, 1.54) is 23.4 Å². The summed E-state index contributed by atoms with van der Waals surface area (Å²) in [6, 6.07) is 9.32. The molecular formula is C12H17NS. The first-order valence-electron chi connectivity index (χ1n) is 5.20. The predicted molar refractivity (Wildman–Crippen MR) is 64.0 cm³/mol. The number of rotatable bonds is 4. The van der Waals surface area contributed by atoms with Crippen LogP contribution in [-0.4, -0.2) is 12.3 Å². The van der Waals surface area contributed by atoms with Crippen molar-refractivity contribution in [3.63, 3.8) is 0 Å². The Morgan fingerprint density at radius 1 is 1.29 bits per heavy atom. The molecule has 2 rings (SSSR count). The van der Waals surface area contributed by atoms with E-state index in [-0.39, 0.29) is 0 Å². The third kappa shape index (κ3) is 2.44. The highest BCUT2D eigenvalue weighted by atomic mass is 32.2. The first-order valence-corrected chi connectivity index (χ1v) is 6.42. The average molecular weight is 207 g/mol. The second-order valence-electron chi connectivity index (χ2n) is 4.00. The molecule has 1 aliphatic rings. The topological polar surface area (TPSA) is 12.0 Å². The fourth-order valence-electron chi connectivity index (χ4n) is 1.66. The fraction of sp³-hybridized carbons (Fsp3) is 0.500. The van der Waals surface area contributed by atoms with E-state index in [4.69, 9.17) is 0 Å². The summed E-state index contributed by atoms with van der Waals surface area (Å²) in [5.41, 5.74) is 1.25. The normalized spacial score (nSPS) is 17.9. The Kier molecular flexibility index (Phi) is 3.02. The summed E-state index contributed by atoms with van der Waals surface area (Å²) < 4.78 is 0. The predicted octanol–water partition coefficient (Wildman–Crippen LogP) is 3.62. The highest BCUT2D eigenvalue weighted by Crippen LogP contribution is 2.34. The summed E-state index contributed by atoms with van der Waals surface area (Å²) in [6.07, 6.45) is 4.91. The molecule has 1 aromatic carbocycles. The first kappa shape index (κ1) is 9.91. The van der Waals surface area contributed by atoms with Crippen molar-refractivity contribution in [3.05, 3.63) is 24.3 Å². The van der Waals surface area contributed by atoms with E-state index in [0.29, 0.717) is 6.04 Å². The van der Waals surface area contributed by atoms with Gasteiger partial charge in [-0.05, 0) is 56.2 Å². The van der Waals surface area contributed by atoms with Crippen molar-refractivity contribution in [3.8, 4) is 0 Å². The Labute approximate surface area is 90.3 Å². The smallest absolute Gasteiger partial charge is 0.0343 e. The van der Waals surface area contributed by atoms with Crippen LogP contribution in [0.15, 0.2) is 29.2 Å². The van der Waals surface area contributed by atoms with E-state index < -0.39 is 0 Å². The zero-order valence-corrected chi connectivity index (χ0v) is 9.60. The summed E-state index contributed by atoms with van der Waals surface area (Å²) in [5, 5.41) is 3.55. The van der Waals surface area contributed by atoms with Gasteiger partial charge in [0.2, 0.25) is 0 Å². The van der Waals surface area contributed by atoms with Crippen LogP contribution in [0.2, 0.25) is 0 Å². The highest BCUT2D eigenvalue weighted by Gasteiger charge is 2.27. The molecule has 14 heavy (non-hydrogen) atoms. The maximum absolute atomic E-state index is 3.55. The molecule has 1 fully saturated rings. The molecule has 0 radical (unpaired) electrons. The van der Waals surface area contributed by atoms with Gasteiger partial charge in [-0.3, -0.25) is 0 Å². The SMILES string of the molecule is CSc1ccc(N[C@@H](C)C2CC2)cc1. The van der Waals surface area contributed by atoms with Crippen LogP contribution in [0.4, 0.5) is 5.69 Å². The summed E-state index contributed by atoms with van der Waals surface area (Å²) >= 11 is 1.79. The van der Waals surface area contributed by atoms with Crippen LogP contribution in [0, 0.1) is 5.92 Å². The molecule has 76 valence electrons. The van der Waals surface area contributed by atoms with E-state index in [9.17, 15) is 0 Å². The van der Waals surface area contributed by atoms with E-state index >= 15 is 0 Å². The monoisotopic (exact) mass is 207 g/mol. The molecule has 0 heterocycles. The van der Waals surface area contributed by atoms with Gasteiger partial charge in [-0.25, -0.2) is 0 Å². The van der Waals surface area contributed by atoms with Crippen molar-refractivity contribution in [2.24, 2.45) is 5.92 Å². The van der Waals surface area contributed by atoms with E-state index in [1.54, 1.807) is 11.8 Å². The number of nitrogens with one attached hydrogen (secondary N) is 1. The van der Waals surface area contributed by atoms with Gasteiger partial charge in [0, 0.05) is 16.6 Å². The second-order valence-corrected chi connectivity index (χ2v) is 4.88. The molecule has 0 aliphatic heterocycles. The van der Waals surface area contributed by atoms with Crippen LogP contribution < -0.4 is 5.32 Å². The van der Waals surface area contributed by atoms with Crippen LogP contribution in [0.1, 0.15) is 19.8 Å². The van der Waals surface area contributed by atoms with E-state index in [1.807, 2.05) is 0 Å². The summed E-state index contributed by atoms with van der Waals surface area (Å²) in [7, 11) is 0. The lowest BCUT2D eigenvalue weighted by Crippen LogP contribution is -2.16. The zero-order valence-electron chi connectivity index (χ0n) is 8.79. The molecule has 0 unspecified atom stereocenters. The van der Waals surface area contributed by atoms with Gasteiger partial charge in [-0.1, -0.05) is 0 Å². The Morgan fingerprint density at radius 2 is 1.93 bits per heavy atom. The minimum atomic E-state index is 0.634. The Hall–Kier alpha value is -0.630. The molecule has 0 bridgehead atoms. The molecule has 0 spiro atoms. The van der Waals surface area contributed by atoms with Crippen LogP contribution in [0.3, 0.4) is 0 Å². The van der Waals surface area contributed by atoms with Gasteiger partial charge in [0.05, 0.1) is 0 Å². The quantitative estimate of drug-likeness (QED) is 0.757. The Balaban J connectivity index is 1.95. The van der Waals surface area contributed by atoms with Crippen molar-refractivity contribution in [2.45, 2.75) is 30.7 Å². The lowest BCUT2D eigenvalue weighted by Gasteiger charge is -2.14. The van der Waals surface area contributed by atoms with Crippen LogP contribution in [-0.2, 0) is 0 Å². The maximum atomic E-state index is 3.55. The lowest BCUT2D eigenvalue weighted by atomic mass is 10.2. The summed E-state index contributed by atoms with van der Waals surface area (Å²) in [4.78, 5) is 1.33. The van der Waals surface area contributed by atoms with Gasteiger partial charge in [0.1, 0.15) is 0 Å². The summed E-state index contributed by atoms with van der Waals surface area (Å²) in [6.45, 7) is 2.28. The number of thioether (sulfide) groups is 1. The average Bonchev–Trinajstić information content (AvgIpc) is 3.02. The fourth-order valence-corrected chi connectivity index (χ4v) is 2.07. The molecular weight excluding hydrogens is 190 g/mol. The van der Waals surface area contributed by atoms with Crippen LogP contribution >= 0.6 is 11.8 Å². The van der Waals surface area contributed by atoms with Crippen molar-refractivity contribution in [1.82, 2.24) is 0 Å². The van der Waals surface area contributed by atoms with Gasteiger partial charge in [-0.2, -0.15) is 0 Å². The van der Waals surface area contributed by atoms with Crippen LogP contribution in [0.25, 0.3) is 0 Å². The zero-order chi connectivity index (χ0) is 9.97.